The third-order valence-corrected chi connectivity index (χ3v) is 5.39. The zero-order valence-corrected chi connectivity index (χ0v) is 12.7. The van der Waals surface area contributed by atoms with Gasteiger partial charge < -0.3 is 14.8 Å². The number of rotatable bonds is 4. The van der Waals surface area contributed by atoms with E-state index in [1.165, 1.54) is 39.2 Å². The molecule has 0 bridgehead atoms. The summed E-state index contributed by atoms with van der Waals surface area (Å²) < 4.78 is 10.2. The van der Waals surface area contributed by atoms with E-state index in [0.717, 1.165) is 6.42 Å². The van der Waals surface area contributed by atoms with E-state index in [0.29, 0.717) is 24.9 Å². The number of carbonyl (C=O) groups is 2. The molecule has 3 fully saturated rings. The van der Waals surface area contributed by atoms with E-state index in [9.17, 15) is 9.59 Å². The first kappa shape index (κ1) is 14.8. The van der Waals surface area contributed by atoms with Crippen molar-refractivity contribution in [1.29, 1.82) is 0 Å². The van der Waals surface area contributed by atoms with E-state index in [-0.39, 0.29) is 24.4 Å². The number of amides is 1. The Morgan fingerprint density at radius 2 is 2.00 bits per heavy atom. The fourth-order valence-corrected chi connectivity index (χ4v) is 4.00. The van der Waals surface area contributed by atoms with Crippen molar-refractivity contribution in [3.63, 3.8) is 0 Å². The van der Waals surface area contributed by atoms with Crippen molar-refractivity contribution in [2.75, 3.05) is 20.3 Å². The molecule has 21 heavy (non-hydrogen) atoms. The third kappa shape index (κ3) is 2.93. The highest BCUT2D eigenvalue weighted by Gasteiger charge is 2.52. The average Bonchev–Trinajstić information content (AvgIpc) is 3.20. The minimum absolute atomic E-state index is 0.0153. The summed E-state index contributed by atoms with van der Waals surface area (Å²) in [4.78, 5) is 24.4. The second kappa shape index (κ2) is 5.95. The van der Waals surface area contributed by atoms with Crippen molar-refractivity contribution in [3.8, 4) is 0 Å². The quantitative estimate of drug-likeness (QED) is 0.801. The summed E-state index contributed by atoms with van der Waals surface area (Å²) >= 11 is 0. The van der Waals surface area contributed by atoms with Crippen LogP contribution in [0, 0.1) is 17.8 Å². The Labute approximate surface area is 125 Å². The molecule has 118 valence electrons. The number of hydrogen-bond donors (Lipinski definition) is 1. The Bertz CT molecular complexity index is 411. The smallest absolute Gasteiger partial charge is 0.334 e. The van der Waals surface area contributed by atoms with Crippen LogP contribution in [0.5, 0.6) is 0 Å². The molecule has 0 aromatic rings. The van der Waals surface area contributed by atoms with Gasteiger partial charge >= 0.3 is 5.97 Å². The molecule has 0 aromatic heterocycles. The lowest BCUT2D eigenvalue weighted by Gasteiger charge is -2.26. The van der Waals surface area contributed by atoms with E-state index in [4.69, 9.17) is 9.47 Å². The molecule has 3 unspecified atom stereocenters. The first-order valence-electron chi connectivity index (χ1n) is 8.14. The molecule has 0 aromatic carbocycles. The molecule has 1 amide bonds. The summed E-state index contributed by atoms with van der Waals surface area (Å²) in [7, 11) is 1.36. The van der Waals surface area contributed by atoms with Gasteiger partial charge in [0.2, 0.25) is 5.91 Å². The number of carbonyl (C=O) groups excluding carboxylic acids is 2. The van der Waals surface area contributed by atoms with Gasteiger partial charge in [-0.1, -0.05) is 32.1 Å². The second-order valence-electron chi connectivity index (χ2n) is 6.77. The number of hydrogen-bond acceptors (Lipinski definition) is 4. The zero-order chi connectivity index (χ0) is 14.9. The van der Waals surface area contributed by atoms with Crippen LogP contribution < -0.4 is 5.32 Å². The highest BCUT2D eigenvalue weighted by molar-refractivity contribution is 5.90. The number of nitrogens with one attached hydrogen (secondary N) is 1. The first-order chi connectivity index (χ1) is 10.2. The largest absolute Gasteiger partial charge is 0.467 e. The molecule has 2 saturated carbocycles. The minimum Gasteiger partial charge on any atom is -0.467 e. The van der Waals surface area contributed by atoms with Crippen molar-refractivity contribution in [2.45, 2.75) is 50.5 Å². The summed E-state index contributed by atoms with van der Waals surface area (Å²) in [5, 5.41) is 2.94. The summed E-state index contributed by atoms with van der Waals surface area (Å²) in [6.07, 6.45) is 7.95. The summed E-state index contributed by atoms with van der Waals surface area (Å²) in [5.41, 5.74) is -0.953. The van der Waals surface area contributed by atoms with Crippen LogP contribution in [0.15, 0.2) is 0 Å². The highest BCUT2D eigenvalue weighted by Crippen LogP contribution is 2.49. The lowest BCUT2D eigenvalue weighted by molar-refractivity contribution is -0.151. The van der Waals surface area contributed by atoms with E-state index in [1.54, 1.807) is 0 Å². The Morgan fingerprint density at radius 3 is 2.62 bits per heavy atom. The third-order valence-electron chi connectivity index (χ3n) is 5.39. The molecule has 1 aliphatic heterocycles. The monoisotopic (exact) mass is 295 g/mol. The molecular formula is C16H25NO4. The maximum absolute atomic E-state index is 12.5. The zero-order valence-electron chi connectivity index (χ0n) is 12.7. The van der Waals surface area contributed by atoms with Crippen LogP contribution in [0.1, 0.15) is 44.9 Å². The molecule has 3 atom stereocenters. The first-order valence-corrected chi connectivity index (χ1v) is 8.14. The van der Waals surface area contributed by atoms with Gasteiger partial charge in [0.25, 0.3) is 0 Å². The minimum atomic E-state index is -0.953. The highest BCUT2D eigenvalue weighted by atomic mass is 16.5. The molecule has 1 saturated heterocycles. The molecule has 2 aliphatic carbocycles. The number of ether oxygens (including phenoxy) is 2. The van der Waals surface area contributed by atoms with Crippen LogP contribution in [0.3, 0.4) is 0 Å². The lowest BCUT2D eigenvalue weighted by atomic mass is 9.85. The van der Waals surface area contributed by atoms with Crippen LogP contribution in [-0.2, 0) is 19.1 Å². The van der Waals surface area contributed by atoms with E-state index < -0.39 is 5.54 Å². The van der Waals surface area contributed by atoms with Gasteiger partial charge in [0.15, 0.2) is 5.54 Å². The Hall–Kier alpha value is -1.10. The van der Waals surface area contributed by atoms with Crippen LogP contribution in [0.4, 0.5) is 0 Å². The fraction of sp³-hybridized carbons (Fsp3) is 0.875. The van der Waals surface area contributed by atoms with E-state index in [2.05, 4.69) is 5.32 Å². The topological polar surface area (TPSA) is 64.6 Å². The van der Waals surface area contributed by atoms with Crippen LogP contribution in [0.25, 0.3) is 0 Å². The van der Waals surface area contributed by atoms with E-state index in [1.807, 2.05) is 0 Å². The van der Waals surface area contributed by atoms with Gasteiger partial charge in [-0.05, 0) is 18.3 Å². The molecule has 3 rings (SSSR count). The van der Waals surface area contributed by atoms with Gasteiger partial charge in [0, 0.05) is 18.9 Å². The molecule has 5 heteroatoms. The van der Waals surface area contributed by atoms with Gasteiger partial charge in [-0.2, -0.15) is 0 Å². The fourth-order valence-electron chi connectivity index (χ4n) is 4.00. The Morgan fingerprint density at radius 1 is 1.24 bits per heavy atom. The normalized spacial score (nSPS) is 36.2. The molecule has 0 spiro atoms. The van der Waals surface area contributed by atoms with Gasteiger partial charge in [-0.3, -0.25) is 4.79 Å². The standard InChI is InChI=1S/C16H25NO4/c1-20-15(19)16(7-8-21-10-16)17-14(18)13-9-12(13)11-5-3-2-4-6-11/h11-13H,2-10H2,1H3,(H,17,18). The summed E-state index contributed by atoms with van der Waals surface area (Å²) in [5.74, 6) is 0.964. The van der Waals surface area contributed by atoms with Gasteiger partial charge in [0.1, 0.15) is 0 Å². The maximum atomic E-state index is 12.5. The van der Waals surface area contributed by atoms with Crippen molar-refractivity contribution in [2.24, 2.45) is 17.8 Å². The van der Waals surface area contributed by atoms with Crippen molar-refractivity contribution in [1.82, 2.24) is 5.32 Å². The van der Waals surface area contributed by atoms with Crippen molar-refractivity contribution < 1.29 is 19.1 Å². The maximum Gasteiger partial charge on any atom is 0.334 e. The van der Waals surface area contributed by atoms with E-state index >= 15 is 0 Å². The molecule has 0 radical (unpaired) electrons. The predicted molar refractivity (Wildman–Crippen MR) is 76.5 cm³/mol. The Kier molecular flexibility index (Phi) is 4.20. The van der Waals surface area contributed by atoms with Crippen molar-refractivity contribution in [3.05, 3.63) is 0 Å². The van der Waals surface area contributed by atoms with Gasteiger partial charge in [-0.25, -0.2) is 4.79 Å². The lowest BCUT2D eigenvalue weighted by Crippen LogP contribution is -2.56. The molecule has 1 heterocycles. The molecular weight excluding hydrogens is 270 g/mol. The van der Waals surface area contributed by atoms with Crippen LogP contribution in [-0.4, -0.2) is 37.7 Å². The number of methoxy groups -OCH3 is 1. The summed E-state index contributed by atoms with van der Waals surface area (Å²) in [6, 6.07) is 0. The molecule has 5 nitrogen and oxygen atoms in total. The number of esters is 1. The summed E-state index contributed by atoms with van der Waals surface area (Å²) in [6.45, 7) is 0.721. The molecule has 3 aliphatic rings. The van der Waals surface area contributed by atoms with Gasteiger partial charge in [-0.15, -0.1) is 0 Å². The molecule has 1 N–H and O–H groups in total. The predicted octanol–water partition coefficient (Wildman–Crippen LogP) is 1.65. The van der Waals surface area contributed by atoms with Gasteiger partial charge in [0.05, 0.1) is 13.7 Å². The Balaban J connectivity index is 1.57. The van der Waals surface area contributed by atoms with Crippen molar-refractivity contribution >= 4 is 11.9 Å². The van der Waals surface area contributed by atoms with Crippen LogP contribution >= 0.6 is 0 Å². The second-order valence-corrected chi connectivity index (χ2v) is 6.77. The SMILES string of the molecule is COC(=O)C1(NC(=O)C2CC2C2CCCCC2)CCOC1. The van der Waals surface area contributed by atoms with Crippen LogP contribution in [0.2, 0.25) is 0 Å². The average molecular weight is 295 g/mol.